The first-order valence-corrected chi connectivity index (χ1v) is 7.36. The highest BCUT2D eigenvalue weighted by Crippen LogP contribution is 2.22. The van der Waals surface area contributed by atoms with E-state index >= 15 is 0 Å². The zero-order valence-corrected chi connectivity index (χ0v) is 13.6. The first kappa shape index (κ1) is 17.3. The Bertz CT molecular complexity index is 771. The minimum atomic E-state index is -0.461. The van der Waals surface area contributed by atoms with Crippen molar-refractivity contribution in [1.29, 1.82) is 0 Å². The average Bonchev–Trinajstić information content (AvgIpc) is 3.12. The number of furan rings is 1. The van der Waals surface area contributed by atoms with E-state index in [0.29, 0.717) is 17.1 Å². The van der Waals surface area contributed by atoms with Gasteiger partial charge in [-0.1, -0.05) is 5.92 Å². The van der Waals surface area contributed by atoms with Crippen LogP contribution in [0.15, 0.2) is 22.8 Å². The molecule has 126 valence electrons. The van der Waals surface area contributed by atoms with E-state index in [2.05, 4.69) is 11.0 Å². The normalized spacial score (nSPS) is 10.4. The summed E-state index contributed by atoms with van der Waals surface area (Å²) in [4.78, 5) is 24.4. The van der Waals surface area contributed by atoms with Crippen molar-refractivity contribution < 1.29 is 14.1 Å². The zero-order chi connectivity index (χ0) is 17.7. The Balaban J connectivity index is 2.04. The quantitative estimate of drug-likeness (QED) is 0.440. The van der Waals surface area contributed by atoms with Gasteiger partial charge in [-0.2, -0.15) is 5.10 Å². The van der Waals surface area contributed by atoms with Crippen molar-refractivity contribution in [3.05, 3.63) is 45.7 Å². The van der Waals surface area contributed by atoms with Crippen molar-refractivity contribution in [2.24, 2.45) is 0 Å². The van der Waals surface area contributed by atoms with Crippen molar-refractivity contribution in [1.82, 2.24) is 14.7 Å². The second-order valence-corrected chi connectivity index (χ2v) is 5.28. The molecule has 0 N–H and O–H groups in total. The number of amides is 1. The molecule has 0 spiro atoms. The summed E-state index contributed by atoms with van der Waals surface area (Å²) in [6, 6.07) is 3.50. The van der Waals surface area contributed by atoms with Crippen LogP contribution in [-0.2, 0) is 17.9 Å². The lowest BCUT2D eigenvalue weighted by atomic mass is 10.3. The molecule has 0 aliphatic carbocycles. The second-order valence-electron chi connectivity index (χ2n) is 5.28. The summed E-state index contributed by atoms with van der Waals surface area (Å²) in [5.41, 5.74) is 0.749. The molecule has 0 atom stereocenters. The number of terminal acetylenes is 1. The van der Waals surface area contributed by atoms with Crippen molar-refractivity contribution in [2.75, 3.05) is 6.54 Å². The summed E-state index contributed by atoms with van der Waals surface area (Å²) in [7, 11) is 0. The molecule has 0 aliphatic rings. The van der Waals surface area contributed by atoms with E-state index in [0.717, 1.165) is 0 Å². The van der Waals surface area contributed by atoms with Gasteiger partial charge in [0.2, 0.25) is 5.91 Å². The van der Waals surface area contributed by atoms with E-state index in [1.165, 1.54) is 15.8 Å². The highest BCUT2D eigenvalue weighted by Gasteiger charge is 2.22. The third-order valence-corrected chi connectivity index (χ3v) is 3.62. The van der Waals surface area contributed by atoms with Crippen LogP contribution in [0.25, 0.3) is 0 Å². The van der Waals surface area contributed by atoms with Crippen LogP contribution in [0.3, 0.4) is 0 Å². The fourth-order valence-corrected chi connectivity index (χ4v) is 2.46. The van der Waals surface area contributed by atoms with Crippen LogP contribution in [0.4, 0.5) is 5.69 Å². The van der Waals surface area contributed by atoms with E-state index in [1.54, 1.807) is 26.0 Å². The minimum Gasteiger partial charge on any atom is -0.467 e. The Hall–Kier alpha value is -3.08. The fraction of sp³-hybridized carbons (Fsp3) is 0.375. The lowest BCUT2D eigenvalue weighted by Gasteiger charge is -2.19. The molecule has 1 amide bonds. The standard InChI is InChI=1S/C16H18N4O4/c1-4-8-18(11-14-6-5-10-24-14)15(21)7-9-19-13(3)16(20(22)23)12(2)17-19/h1,5-6,10H,7-9,11H2,2-3H3. The third-order valence-electron chi connectivity index (χ3n) is 3.62. The SMILES string of the molecule is C#CCN(Cc1ccco1)C(=O)CCn1nc(C)c([N+](=O)[O-])c1C. The third kappa shape index (κ3) is 3.81. The summed E-state index contributed by atoms with van der Waals surface area (Å²) >= 11 is 0. The number of aryl methyl sites for hydroxylation is 2. The molecule has 2 rings (SSSR count). The molecular weight excluding hydrogens is 312 g/mol. The monoisotopic (exact) mass is 330 g/mol. The van der Waals surface area contributed by atoms with Crippen LogP contribution in [0, 0.1) is 36.3 Å². The topological polar surface area (TPSA) is 94.4 Å². The Morgan fingerprint density at radius 3 is 2.83 bits per heavy atom. The first-order chi connectivity index (χ1) is 11.4. The maximum absolute atomic E-state index is 12.4. The van der Waals surface area contributed by atoms with E-state index in [-0.39, 0.29) is 37.6 Å². The number of carbonyl (C=O) groups is 1. The fourth-order valence-electron chi connectivity index (χ4n) is 2.46. The van der Waals surface area contributed by atoms with Gasteiger partial charge in [0.05, 0.1) is 30.8 Å². The van der Waals surface area contributed by atoms with Crippen LogP contribution in [-0.4, -0.2) is 32.1 Å². The minimum absolute atomic E-state index is 0.0153. The molecule has 2 aromatic rings. The van der Waals surface area contributed by atoms with E-state index < -0.39 is 4.92 Å². The number of nitro groups is 1. The van der Waals surface area contributed by atoms with Crippen LogP contribution in [0.2, 0.25) is 0 Å². The number of nitrogens with zero attached hydrogens (tertiary/aromatic N) is 4. The van der Waals surface area contributed by atoms with Gasteiger partial charge in [0, 0.05) is 6.42 Å². The lowest BCUT2D eigenvalue weighted by Crippen LogP contribution is -2.31. The molecule has 0 radical (unpaired) electrons. The van der Waals surface area contributed by atoms with Gasteiger partial charge in [-0.05, 0) is 26.0 Å². The molecule has 24 heavy (non-hydrogen) atoms. The van der Waals surface area contributed by atoms with Gasteiger partial charge in [0.15, 0.2) is 0 Å². The van der Waals surface area contributed by atoms with Crippen molar-refractivity contribution in [3.63, 3.8) is 0 Å². The maximum atomic E-state index is 12.4. The van der Waals surface area contributed by atoms with Gasteiger partial charge in [-0.15, -0.1) is 6.42 Å². The largest absolute Gasteiger partial charge is 0.467 e. The van der Waals surface area contributed by atoms with E-state index in [4.69, 9.17) is 10.8 Å². The first-order valence-electron chi connectivity index (χ1n) is 7.36. The van der Waals surface area contributed by atoms with Crippen molar-refractivity contribution in [2.45, 2.75) is 33.4 Å². The molecule has 0 saturated carbocycles. The van der Waals surface area contributed by atoms with E-state index in [9.17, 15) is 14.9 Å². The lowest BCUT2D eigenvalue weighted by molar-refractivity contribution is -0.386. The maximum Gasteiger partial charge on any atom is 0.312 e. The number of carbonyl (C=O) groups excluding carboxylic acids is 1. The predicted molar refractivity (Wildman–Crippen MR) is 85.9 cm³/mol. The average molecular weight is 330 g/mol. The molecule has 2 heterocycles. The Morgan fingerprint density at radius 2 is 2.29 bits per heavy atom. The molecular formula is C16H18N4O4. The van der Waals surface area contributed by atoms with Gasteiger partial charge in [0.1, 0.15) is 17.1 Å². The van der Waals surface area contributed by atoms with Crippen LogP contribution >= 0.6 is 0 Å². The molecule has 2 aromatic heterocycles. The predicted octanol–water partition coefficient (Wildman–Crippen LogP) is 2.05. The Kier molecular flexibility index (Phi) is 5.37. The van der Waals surface area contributed by atoms with Crippen LogP contribution in [0.1, 0.15) is 23.6 Å². The highest BCUT2D eigenvalue weighted by molar-refractivity contribution is 5.76. The number of aromatic nitrogens is 2. The smallest absolute Gasteiger partial charge is 0.312 e. The number of rotatable bonds is 7. The second kappa shape index (κ2) is 7.46. The summed E-state index contributed by atoms with van der Waals surface area (Å²) in [5, 5.41) is 15.1. The molecule has 0 saturated heterocycles. The molecule has 0 fully saturated rings. The Morgan fingerprint density at radius 1 is 1.54 bits per heavy atom. The van der Waals surface area contributed by atoms with Crippen LogP contribution < -0.4 is 0 Å². The summed E-state index contributed by atoms with van der Waals surface area (Å²) in [6.45, 7) is 3.89. The van der Waals surface area contributed by atoms with Gasteiger partial charge < -0.3 is 9.32 Å². The van der Waals surface area contributed by atoms with Gasteiger partial charge >= 0.3 is 5.69 Å². The Labute approximate surface area is 139 Å². The molecule has 0 aromatic carbocycles. The number of hydrogen-bond acceptors (Lipinski definition) is 5. The van der Waals surface area contributed by atoms with Gasteiger partial charge in [0.25, 0.3) is 0 Å². The van der Waals surface area contributed by atoms with Gasteiger partial charge in [-0.3, -0.25) is 19.6 Å². The van der Waals surface area contributed by atoms with Crippen molar-refractivity contribution in [3.8, 4) is 12.3 Å². The summed E-state index contributed by atoms with van der Waals surface area (Å²) in [6.07, 6.45) is 6.99. The number of hydrogen-bond donors (Lipinski definition) is 0. The molecule has 0 bridgehead atoms. The molecule has 0 unspecified atom stereocenters. The molecule has 8 nitrogen and oxygen atoms in total. The van der Waals surface area contributed by atoms with Crippen molar-refractivity contribution >= 4 is 11.6 Å². The molecule has 8 heteroatoms. The van der Waals surface area contributed by atoms with Crippen LogP contribution in [0.5, 0.6) is 0 Å². The summed E-state index contributed by atoms with van der Waals surface area (Å²) in [5.74, 6) is 2.92. The van der Waals surface area contributed by atoms with Gasteiger partial charge in [-0.25, -0.2) is 0 Å². The zero-order valence-electron chi connectivity index (χ0n) is 13.6. The molecule has 0 aliphatic heterocycles. The summed E-state index contributed by atoms with van der Waals surface area (Å²) < 4.78 is 6.71. The van der Waals surface area contributed by atoms with E-state index in [1.807, 2.05) is 0 Å². The highest BCUT2D eigenvalue weighted by atomic mass is 16.6.